The van der Waals surface area contributed by atoms with Crippen molar-refractivity contribution >= 4 is 15.7 Å². The van der Waals surface area contributed by atoms with Crippen LogP contribution in [0.3, 0.4) is 0 Å². The standard InChI is InChI=1S/C23H22N2O4S/c1-3-29-20-12-14-21(15-13-20)30(26,27)25(22-6-4-5-7-23(22)28-2)17-19-10-8-18(16-24)9-11-19/h4-15H,3,17H2,1-2H3. The van der Waals surface area contributed by atoms with Gasteiger partial charge in [0.05, 0.1) is 42.5 Å². The van der Waals surface area contributed by atoms with Gasteiger partial charge in [-0.3, -0.25) is 4.31 Å². The summed E-state index contributed by atoms with van der Waals surface area (Å²) >= 11 is 0. The molecule has 154 valence electrons. The quantitative estimate of drug-likeness (QED) is 0.539. The third kappa shape index (κ3) is 4.56. The number of para-hydroxylation sites is 2. The first-order valence-corrected chi connectivity index (χ1v) is 10.8. The predicted octanol–water partition coefficient (Wildman–Crippen LogP) is 4.36. The second-order valence-electron chi connectivity index (χ2n) is 6.40. The third-order valence-electron chi connectivity index (χ3n) is 4.49. The van der Waals surface area contributed by atoms with Gasteiger partial charge < -0.3 is 9.47 Å². The molecule has 0 aliphatic carbocycles. The van der Waals surface area contributed by atoms with Crippen molar-refractivity contribution in [2.75, 3.05) is 18.0 Å². The summed E-state index contributed by atoms with van der Waals surface area (Å²) in [5, 5.41) is 9.01. The van der Waals surface area contributed by atoms with Gasteiger partial charge in [0.25, 0.3) is 10.0 Å². The molecule has 0 spiro atoms. The molecule has 0 heterocycles. The van der Waals surface area contributed by atoms with Crippen LogP contribution in [-0.4, -0.2) is 22.1 Å². The van der Waals surface area contributed by atoms with Gasteiger partial charge in [0.1, 0.15) is 11.5 Å². The van der Waals surface area contributed by atoms with Crippen LogP contribution in [0.25, 0.3) is 0 Å². The van der Waals surface area contributed by atoms with Crippen molar-refractivity contribution in [1.82, 2.24) is 0 Å². The van der Waals surface area contributed by atoms with Crippen molar-refractivity contribution < 1.29 is 17.9 Å². The van der Waals surface area contributed by atoms with Crippen LogP contribution in [0, 0.1) is 11.3 Å². The zero-order chi connectivity index (χ0) is 21.6. The fraction of sp³-hybridized carbons (Fsp3) is 0.174. The molecule has 0 bridgehead atoms. The highest BCUT2D eigenvalue weighted by molar-refractivity contribution is 7.92. The van der Waals surface area contributed by atoms with Crippen LogP contribution in [0.2, 0.25) is 0 Å². The summed E-state index contributed by atoms with van der Waals surface area (Å²) in [5.74, 6) is 1.05. The van der Waals surface area contributed by atoms with Gasteiger partial charge in [0.2, 0.25) is 0 Å². The minimum atomic E-state index is -3.90. The van der Waals surface area contributed by atoms with Gasteiger partial charge in [-0.2, -0.15) is 5.26 Å². The summed E-state index contributed by atoms with van der Waals surface area (Å²) in [6.07, 6.45) is 0. The van der Waals surface area contributed by atoms with Crippen LogP contribution in [0.1, 0.15) is 18.1 Å². The molecule has 0 radical (unpaired) electrons. The van der Waals surface area contributed by atoms with E-state index in [-0.39, 0.29) is 11.4 Å². The summed E-state index contributed by atoms with van der Waals surface area (Å²) in [4.78, 5) is 0.144. The van der Waals surface area contributed by atoms with E-state index in [2.05, 4.69) is 6.07 Å². The number of nitriles is 1. The first-order chi connectivity index (χ1) is 14.5. The Bertz CT molecular complexity index is 1140. The average molecular weight is 423 g/mol. The van der Waals surface area contributed by atoms with E-state index < -0.39 is 10.0 Å². The van der Waals surface area contributed by atoms with Crippen LogP contribution in [-0.2, 0) is 16.6 Å². The number of sulfonamides is 1. The Balaban J connectivity index is 2.06. The highest BCUT2D eigenvalue weighted by Crippen LogP contribution is 2.34. The molecule has 3 rings (SSSR count). The maximum Gasteiger partial charge on any atom is 0.264 e. The topological polar surface area (TPSA) is 79.6 Å². The molecule has 30 heavy (non-hydrogen) atoms. The lowest BCUT2D eigenvalue weighted by atomic mass is 10.1. The minimum Gasteiger partial charge on any atom is -0.495 e. The van der Waals surface area contributed by atoms with Crippen molar-refractivity contribution in [1.29, 1.82) is 5.26 Å². The zero-order valence-electron chi connectivity index (χ0n) is 16.8. The number of methoxy groups -OCH3 is 1. The zero-order valence-corrected chi connectivity index (χ0v) is 17.6. The van der Waals surface area contributed by atoms with Crippen LogP contribution in [0.15, 0.2) is 77.7 Å². The number of anilines is 1. The smallest absolute Gasteiger partial charge is 0.264 e. The van der Waals surface area contributed by atoms with Gasteiger partial charge in [0.15, 0.2) is 0 Å². The van der Waals surface area contributed by atoms with Gasteiger partial charge in [-0.15, -0.1) is 0 Å². The third-order valence-corrected chi connectivity index (χ3v) is 6.26. The van der Waals surface area contributed by atoms with Crippen molar-refractivity contribution in [2.24, 2.45) is 0 Å². The van der Waals surface area contributed by atoms with E-state index in [9.17, 15) is 8.42 Å². The van der Waals surface area contributed by atoms with Gasteiger partial charge in [-0.25, -0.2) is 8.42 Å². The Morgan fingerprint density at radius 3 is 2.23 bits per heavy atom. The van der Waals surface area contributed by atoms with E-state index >= 15 is 0 Å². The van der Waals surface area contributed by atoms with Crippen molar-refractivity contribution in [2.45, 2.75) is 18.4 Å². The molecular formula is C23H22N2O4S. The maximum atomic E-state index is 13.6. The highest BCUT2D eigenvalue weighted by atomic mass is 32.2. The summed E-state index contributed by atoms with van der Waals surface area (Å²) in [6.45, 7) is 2.45. The molecule has 0 fully saturated rings. The van der Waals surface area contributed by atoms with Crippen molar-refractivity contribution in [3.63, 3.8) is 0 Å². The number of ether oxygens (including phenoxy) is 2. The summed E-state index contributed by atoms with van der Waals surface area (Å²) in [7, 11) is -2.40. The largest absolute Gasteiger partial charge is 0.495 e. The molecule has 0 N–H and O–H groups in total. The van der Waals surface area contributed by atoms with Crippen molar-refractivity contribution in [3.05, 3.63) is 83.9 Å². The molecule has 3 aromatic rings. The lowest BCUT2D eigenvalue weighted by molar-refractivity contribution is 0.340. The average Bonchev–Trinajstić information content (AvgIpc) is 2.78. The molecule has 7 heteroatoms. The van der Waals surface area contributed by atoms with Crippen LogP contribution >= 0.6 is 0 Å². The Labute approximate surface area is 177 Å². The van der Waals surface area contributed by atoms with E-state index in [4.69, 9.17) is 14.7 Å². The van der Waals surface area contributed by atoms with Crippen LogP contribution < -0.4 is 13.8 Å². The monoisotopic (exact) mass is 422 g/mol. The number of nitrogens with zero attached hydrogens (tertiary/aromatic N) is 2. The van der Waals surface area contributed by atoms with E-state index in [1.54, 1.807) is 60.7 Å². The van der Waals surface area contributed by atoms with Crippen molar-refractivity contribution in [3.8, 4) is 17.6 Å². The highest BCUT2D eigenvalue weighted by Gasteiger charge is 2.27. The summed E-state index contributed by atoms with van der Waals surface area (Å²) in [5.41, 5.74) is 1.68. The second-order valence-corrected chi connectivity index (χ2v) is 8.26. The lowest BCUT2D eigenvalue weighted by Gasteiger charge is -2.26. The Kier molecular flexibility index (Phi) is 6.60. The fourth-order valence-electron chi connectivity index (χ4n) is 2.99. The molecule has 6 nitrogen and oxygen atoms in total. The fourth-order valence-corrected chi connectivity index (χ4v) is 4.45. The van der Waals surface area contributed by atoms with Gasteiger partial charge in [-0.1, -0.05) is 24.3 Å². The predicted molar refractivity (Wildman–Crippen MR) is 115 cm³/mol. The Morgan fingerprint density at radius 2 is 1.63 bits per heavy atom. The number of hydrogen-bond acceptors (Lipinski definition) is 5. The minimum absolute atomic E-state index is 0.0849. The number of rotatable bonds is 8. The first-order valence-electron chi connectivity index (χ1n) is 9.37. The van der Waals surface area contributed by atoms with Crippen LogP contribution in [0.5, 0.6) is 11.5 Å². The molecule has 0 aliphatic heterocycles. The molecule has 0 aromatic heterocycles. The molecule has 0 atom stereocenters. The lowest BCUT2D eigenvalue weighted by Crippen LogP contribution is -2.31. The maximum absolute atomic E-state index is 13.6. The summed E-state index contributed by atoms with van der Waals surface area (Å²) in [6, 6.07) is 22.2. The molecule has 0 unspecified atom stereocenters. The Morgan fingerprint density at radius 1 is 0.967 bits per heavy atom. The molecule has 3 aromatic carbocycles. The van der Waals surface area contributed by atoms with Gasteiger partial charge in [-0.05, 0) is 61.0 Å². The molecule has 0 saturated carbocycles. The molecule has 0 saturated heterocycles. The molecule has 0 aliphatic rings. The number of hydrogen-bond donors (Lipinski definition) is 0. The molecule has 0 amide bonds. The van der Waals surface area contributed by atoms with E-state index in [1.165, 1.54) is 23.5 Å². The second kappa shape index (κ2) is 9.33. The SMILES string of the molecule is CCOc1ccc(S(=O)(=O)N(Cc2ccc(C#N)cc2)c2ccccc2OC)cc1. The van der Waals surface area contributed by atoms with E-state index in [0.29, 0.717) is 29.4 Å². The van der Waals surface area contributed by atoms with Gasteiger partial charge in [0, 0.05) is 0 Å². The van der Waals surface area contributed by atoms with Gasteiger partial charge >= 0.3 is 0 Å². The Hall–Kier alpha value is -3.50. The normalized spacial score (nSPS) is 10.8. The van der Waals surface area contributed by atoms with E-state index in [0.717, 1.165) is 5.56 Å². The first kappa shape index (κ1) is 21.2. The summed E-state index contributed by atoms with van der Waals surface area (Å²) < 4.78 is 39.3. The number of benzene rings is 3. The van der Waals surface area contributed by atoms with Crippen LogP contribution in [0.4, 0.5) is 5.69 Å². The molecular weight excluding hydrogens is 400 g/mol. The van der Waals surface area contributed by atoms with E-state index in [1.807, 2.05) is 6.92 Å².